The fourth-order valence-electron chi connectivity index (χ4n) is 2.56. The second kappa shape index (κ2) is 8.49. The highest BCUT2D eigenvalue weighted by Gasteiger charge is 2.31. The van der Waals surface area contributed by atoms with Crippen molar-refractivity contribution in [2.75, 3.05) is 30.1 Å². The van der Waals surface area contributed by atoms with E-state index in [1.807, 2.05) is 0 Å². The maximum Gasteiger partial charge on any atom is 0.247 e. The van der Waals surface area contributed by atoms with Crippen LogP contribution in [-0.4, -0.2) is 40.8 Å². The summed E-state index contributed by atoms with van der Waals surface area (Å²) in [4.78, 5) is 12.7. The number of sulfonamides is 1. The van der Waals surface area contributed by atoms with Crippen LogP contribution >= 0.6 is 11.6 Å². The van der Waals surface area contributed by atoms with Gasteiger partial charge in [-0.1, -0.05) is 17.7 Å². The van der Waals surface area contributed by atoms with Gasteiger partial charge >= 0.3 is 0 Å². The summed E-state index contributed by atoms with van der Waals surface area (Å²) in [6, 6.07) is 10.2. The minimum atomic E-state index is -3.81. The zero-order valence-electron chi connectivity index (χ0n) is 15.4. The molecule has 0 radical (unpaired) electrons. The summed E-state index contributed by atoms with van der Waals surface area (Å²) in [5, 5.41) is 3.12. The third-order valence-corrected chi connectivity index (χ3v) is 5.27. The summed E-state index contributed by atoms with van der Waals surface area (Å²) in [6.45, 7) is 1.49. The number of carbonyl (C=O) groups is 1. The minimum Gasteiger partial charge on any atom is -0.497 e. The van der Waals surface area contributed by atoms with Crippen molar-refractivity contribution < 1.29 is 22.7 Å². The molecule has 2 aromatic carbocycles. The predicted octanol–water partition coefficient (Wildman–Crippen LogP) is 3.15. The molecule has 0 aromatic heterocycles. The number of rotatable bonds is 7. The highest BCUT2D eigenvalue weighted by atomic mass is 35.5. The SMILES string of the molecule is COc1ccc(OC)c(N(C(C)C(=O)Nc2cccc(Cl)c2)S(C)(=O)=O)c1. The molecule has 0 bridgehead atoms. The van der Waals surface area contributed by atoms with Crippen molar-refractivity contribution in [2.45, 2.75) is 13.0 Å². The molecule has 1 N–H and O–H groups in total. The second-order valence-electron chi connectivity index (χ2n) is 5.77. The van der Waals surface area contributed by atoms with E-state index in [9.17, 15) is 13.2 Å². The van der Waals surface area contributed by atoms with E-state index >= 15 is 0 Å². The van der Waals surface area contributed by atoms with Crippen LogP contribution in [0, 0.1) is 0 Å². The van der Waals surface area contributed by atoms with E-state index in [4.69, 9.17) is 21.1 Å². The summed E-state index contributed by atoms with van der Waals surface area (Å²) in [5.74, 6) is 0.207. The van der Waals surface area contributed by atoms with Gasteiger partial charge in [-0.2, -0.15) is 0 Å². The van der Waals surface area contributed by atoms with Gasteiger partial charge in [0.25, 0.3) is 0 Å². The Kier molecular flexibility index (Phi) is 6.56. The first kappa shape index (κ1) is 20.9. The average molecular weight is 413 g/mol. The van der Waals surface area contributed by atoms with E-state index in [-0.39, 0.29) is 5.69 Å². The Balaban J connectivity index is 2.43. The van der Waals surface area contributed by atoms with Crippen LogP contribution in [0.5, 0.6) is 11.5 Å². The van der Waals surface area contributed by atoms with Crippen molar-refractivity contribution in [2.24, 2.45) is 0 Å². The van der Waals surface area contributed by atoms with Crippen molar-refractivity contribution in [1.29, 1.82) is 0 Å². The molecule has 1 atom stereocenters. The number of carbonyl (C=O) groups excluding carboxylic acids is 1. The highest BCUT2D eigenvalue weighted by molar-refractivity contribution is 7.92. The molecule has 0 saturated carbocycles. The molecule has 146 valence electrons. The third kappa shape index (κ3) is 5.05. The standard InChI is InChI=1S/C18H21ClN2O5S/c1-12(18(22)20-14-7-5-6-13(19)10-14)21(27(4,23)24)16-11-15(25-2)8-9-17(16)26-3/h5-12H,1-4H3,(H,20,22). The van der Waals surface area contributed by atoms with Gasteiger partial charge in [0, 0.05) is 16.8 Å². The van der Waals surface area contributed by atoms with Crippen LogP contribution in [0.1, 0.15) is 6.92 Å². The average Bonchev–Trinajstić information content (AvgIpc) is 2.60. The van der Waals surface area contributed by atoms with Crippen molar-refractivity contribution >= 4 is 38.9 Å². The molecule has 1 unspecified atom stereocenters. The molecule has 0 aliphatic rings. The van der Waals surface area contributed by atoms with Crippen LogP contribution in [-0.2, 0) is 14.8 Å². The van der Waals surface area contributed by atoms with E-state index in [2.05, 4.69) is 5.32 Å². The van der Waals surface area contributed by atoms with Crippen molar-refractivity contribution in [3.05, 3.63) is 47.5 Å². The number of anilines is 2. The molecule has 27 heavy (non-hydrogen) atoms. The second-order valence-corrected chi connectivity index (χ2v) is 8.07. The van der Waals surface area contributed by atoms with E-state index < -0.39 is 22.0 Å². The quantitative estimate of drug-likeness (QED) is 0.755. The molecule has 0 aliphatic heterocycles. The van der Waals surface area contributed by atoms with Gasteiger partial charge in [0.05, 0.1) is 26.2 Å². The molecule has 7 nitrogen and oxygen atoms in total. The zero-order valence-corrected chi connectivity index (χ0v) is 17.0. The lowest BCUT2D eigenvalue weighted by atomic mass is 10.2. The van der Waals surface area contributed by atoms with Crippen molar-refractivity contribution in [3.63, 3.8) is 0 Å². The summed E-state index contributed by atoms with van der Waals surface area (Å²) in [7, 11) is -0.926. The summed E-state index contributed by atoms with van der Waals surface area (Å²) < 4.78 is 36.4. The molecule has 0 spiro atoms. The van der Waals surface area contributed by atoms with E-state index in [1.165, 1.54) is 27.2 Å². The van der Waals surface area contributed by atoms with E-state index in [0.29, 0.717) is 22.2 Å². The lowest BCUT2D eigenvalue weighted by Crippen LogP contribution is -2.45. The largest absolute Gasteiger partial charge is 0.497 e. The Morgan fingerprint density at radius 2 is 1.85 bits per heavy atom. The van der Waals surface area contributed by atoms with Crippen LogP contribution in [0.4, 0.5) is 11.4 Å². The first-order chi connectivity index (χ1) is 12.7. The summed E-state index contributed by atoms with van der Waals surface area (Å²) in [5.41, 5.74) is 0.665. The molecule has 9 heteroatoms. The lowest BCUT2D eigenvalue weighted by molar-refractivity contribution is -0.116. The monoisotopic (exact) mass is 412 g/mol. The molecule has 2 aromatic rings. The Labute approximate surface area is 163 Å². The van der Waals surface area contributed by atoms with Gasteiger partial charge < -0.3 is 14.8 Å². The summed E-state index contributed by atoms with van der Waals surface area (Å²) in [6.07, 6.45) is 1.02. The van der Waals surface area contributed by atoms with Crippen LogP contribution < -0.4 is 19.1 Å². The van der Waals surface area contributed by atoms with Gasteiger partial charge in [0.2, 0.25) is 15.9 Å². The van der Waals surface area contributed by atoms with Crippen LogP contribution in [0.25, 0.3) is 0 Å². The van der Waals surface area contributed by atoms with E-state index in [1.54, 1.807) is 36.4 Å². The molecule has 0 fully saturated rings. The first-order valence-electron chi connectivity index (χ1n) is 7.95. The zero-order chi connectivity index (χ0) is 20.2. The van der Waals surface area contributed by atoms with E-state index in [0.717, 1.165) is 10.6 Å². The Morgan fingerprint density at radius 1 is 1.15 bits per heavy atom. The number of hydrogen-bond donors (Lipinski definition) is 1. The highest BCUT2D eigenvalue weighted by Crippen LogP contribution is 2.35. The van der Waals surface area contributed by atoms with Crippen molar-refractivity contribution in [1.82, 2.24) is 0 Å². The smallest absolute Gasteiger partial charge is 0.247 e. The Hall–Kier alpha value is -2.45. The number of nitrogens with one attached hydrogen (secondary N) is 1. The number of hydrogen-bond acceptors (Lipinski definition) is 5. The fourth-order valence-corrected chi connectivity index (χ4v) is 3.92. The number of benzene rings is 2. The number of nitrogens with zero attached hydrogens (tertiary/aromatic N) is 1. The lowest BCUT2D eigenvalue weighted by Gasteiger charge is -2.29. The molecule has 2 rings (SSSR count). The Bertz CT molecular complexity index is 933. The molecule has 1 amide bonds. The van der Waals surface area contributed by atoms with Gasteiger partial charge in [0.15, 0.2) is 0 Å². The number of ether oxygens (including phenoxy) is 2. The van der Waals surface area contributed by atoms with Gasteiger partial charge in [0.1, 0.15) is 17.5 Å². The maximum atomic E-state index is 12.7. The number of amides is 1. The number of methoxy groups -OCH3 is 2. The Morgan fingerprint density at radius 3 is 2.41 bits per heavy atom. The van der Waals surface area contributed by atoms with Gasteiger partial charge in [-0.15, -0.1) is 0 Å². The van der Waals surface area contributed by atoms with Crippen LogP contribution in [0.15, 0.2) is 42.5 Å². The van der Waals surface area contributed by atoms with Gasteiger partial charge in [-0.3, -0.25) is 9.10 Å². The van der Waals surface area contributed by atoms with Gasteiger partial charge in [-0.25, -0.2) is 8.42 Å². The molecule has 0 heterocycles. The topological polar surface area (TPSA) is 84.9 Å². The van der Waals surface area contributed by atoms with Crippen molar-refractivity contribution in [3.8, 4) is 11.5 Å². The van der Waals surface area contributed by atoms with Crippen LogP contribution in [0.2, 0.25) is 5.02 Å². The molecular formula is C18H21ClN2O5S. The van der Waals surface area contributed by atoms with Crippen LogP contribution in [0.3, 0.4) is 0 Å². The minimum absolute atomic E-state index is 0.202. The molecule has 0 aliphatic carbocycles. The molecule has 0 saturated heterocycles. The normalized spacial score (nSPS) is 12.2. The fraction of sp³-hybridized carbons (Fsp3) is 0.278. The third-order valence-electron chi connectivity index (χ3n) is 3.80. The molecular weight excluding hydrogens is 392 g/mol. The maximum absolute atomic E-state index is 12.7. The van der Waals surface area contributed by atoms with Gasteiger partial charge in [-0.05, 0) is 37.3 Å². The summed E-state index contributed by atoms with van der Waals surface area (Å²) >= 11 is 5.92. The number of halogens is 1. The first-order valence-corrected chi connectivity index (χ1v) is 10.2. The predicted molar refractivity (Wildman–Crippen MR) is 106 cm³/mol.